The van der Waals surface area contributed by atoms with Crippen LogP contribution in [0.15, 0.2) is 33.6 Å². The fourth-order valence-corrected chi connectivity index (χ4v) is 0.854. The topological polar surface area (TPSA) is 0 Å². The summed E-state index contributed by atoms with van der Waals surface area (Å²) in [4.78, 5) is 0.994. The second-order valence-electron chi connectivity index (χ2n) is 1.48. The molecule has 0 spiro atoms. The molecule has 0 bridgehead atoms. The Kier molecular flexibility index (Phi) is 4.82. The molecule has 0 atom stereocenters. The molecule has 0 saturated carbocycles. The summed E-state index contributed by atoms with van der Waals surface area (Å²) in [6.07, 6.45) is 0. The number of hydrogen-bond acceptors (Lipinski definition) is 1. The van der Waals surface area contributed by atoms with E-state index in [4.69, 9.17) is 0 Å². The van der Waals surface area contributed by atoms with Gasteiger partial charge >= 0.3 is 19.5 Å². The molecule has 1 aromatic rings. The molecule has 9 heavy (non-hydrogen) atoms. The van der Waals surface area contributed by atoms with Gasteiger partial charge in [0.2, 0.25) is 0 Å². The quantitative estimate of drug-likeness (QED) is 0.534. The van der Waals surface area contributed by atoms with Gasteiger partial charge in [-0.3, -0.25) is 0 Å². The fraction of sp³-hybridized carbons (Fsp3) is 0. The molecule has 0 aliphatic carbocycles. The summed E-state index contributed by atoms with van der Waals surface area (Å²) in [6.45, 7) is 0. The summed E-state index contributed by atoms with van der Waals surface area (Å²) >= 11 is 7.42. The molecule has 3 heteroatoms. The van der Waals surface area contributed by atoms with Gasteiger partial charge in [0, 0.05) is 9.37 Å². The Balaban J connectivity index is 0.000000640. The van der Waals surface area contributed by atoms with E-state index in [1.165, 1.54) is 0 Å². The Morgan fingerprint density at radius 3 is 1.89 bits per heavy atom. The molecule has 0 saturated heterocycles. The van der Waals surface area contributed by atoms with Crippen molar-refractivity contribution in [1.82, 2.24) is 0 Å². The summed E-state index contributed by atoms with van der Waals surface area (Å²) < 4.78 is 1.09. The van der Waals surface area contributed by atoms with Crippen LogP contribution in [0.1, 0.15) is 0 Å². The van der Waals surface area contributed by atoms with Gasteiger partial charge in [-0.1, -0.05) is 15.9 Å². The summed E-state index contributed by atoms with van der Waals surface area (Å²) in [5.74, 6) is 0. The average Bonchev–Trinajstić information content (AvgIpc) is 1.77. The maximum absolute atomic E-state index is 4.11. The van der Waals surface area contributed by atoms with Gasteiger partial charge in [-0.05, 0) is 24.3 Å². The van der Waals surface area contributed by atoms with E-state index in [0.717, 1.165) is 9.37 Å². The van der Waals surface area contributed by atoms with Gasteiger partial charge in [0.15, 0.2) is 0 Å². The first-order valence-corrected chi connectivity index (χ1v) is 3.47. The van der Waals surface area contributed by atoms with Crippen LogP contribution in [0.2, 0.25) is 0 Å². The fourth-order valence-electron chi connectivity index (χ4n) is 0.441. The van der Waals surface area contributed by atoms with Crippen molar-refractivity contribution in [3.63, 3.8) is 0 Å². The van der Waals surface area contributed by atoms with Crippen molar-refractivity contribution in [2.45, 2.75) is 4.90 Å². The minimum atomic E-state index is 0. The number of benzene rings is 1. The zero-order valence-corrected chi connectivity index (χ0v) is 10.3. The van der Waals surface area contributed by atoms with Crippen molar-refractivity contribution in [3.8, 4) is 0 Å². The van der Waals surface area contributed by atoms with Crippen LogP contribution in [0.4, 0.5) is 0 Å². The van der Waals surface area contributed by atoms with E-state index < -0.39 is 0 Å². The van der Waals surface area contributed by atoms with Crippen LogP contribution in [0, 0.1) is 0 Å². The Morgan fingerprint density at radius 2 is 1.56 bits per heavy atom. The first kappa shape index (κ1) is 9.67. The summed E-state index contributed by atoms with van der Waals surface area (Å²) in [5.41, 5.74) is 0. The molecule has 1 aromatic carbocycles. The molecule has 1 rings (SSSR count). The van der Waals surface area contributed by atoms with Crippen LogP contribution in [0.3, 0.4) is 0 Å². The molecule has 0 aliphatic heterocycles. The van der Waals surface area contributed by atoms with Gasteiger partial charge < -0.3 is 0 Å². The predicted octanol–water partition coefficient (Wildman–Crippen LogP) is 2.74. The maximum Gasteiger partial charge on any atom is 2.00 e. The predicted molar refractivity (Wildman–Crippen MR) is 41.4 cm³/mol. The number of halogens is 1. The van der Waals surface area contributed by atoms with Crippen LogP contribution in [-0.2, 0) is 19.5 Å². The van der Waals surface area contributed by atoms with Crippen molar-refractivity contribution in [3.05, 3.63) is 28.7 Å². The zero-order valence-electron chi connectivity index (χ0n) is 4.84. The molecule has 0 N–H and O–H groups in total. The average molecular weight is 254 g/mol. The normalized spacial score (nSPS) is 8.22. The van der Waals surface area contributed by atoms with Crippen LogP contribution in [-0.4, -0.2) is 0 Å². The minimum Gasteiger partial charge on any atom is -0.143 e. The molecule has 0 radical (unpaired) electrons. The van der Waals surface area contributed by atoms with Gasteiger partial charge in [0.1, 0.15) is 0 Å². The SMILES string of the molecule is Sc1ccc(Br)cc1.[Zn+2]. The van der Waals surface area contributed by atoms with Crippen LogP contribution >= 0.6 is 28.6 Å². The summed E-state index contributed by atoms with van der Waals surface area (Å²) in [7, 11) is 0. The molecule has 0 aromatic heterocycles. The monoisotopic (exact) mass is 252 g/mol. The molecular weight excluding hydrogens is 249 g/mol. The third-order valence-corrected chi connectivity index (χ3v) is 1.65. The largest absolute Gasteiger partial charge is 2.00 e. The van der Waals surface area contributed by atoms with Gasteiger partial charge in [0.05, 0.1) is 0 Å². The van der Waals surface area contributed by atoms with E-state index in [1.807, 2.05) is 24.3 Å². The van der Waals surface area contributed by atoms with Crippen molar-refractivity contribution in [2.75, 3.05) is 0 Å². The molecule has 42 valence electrons. The second-order valence-corrected chi connectivity index (χ2v) is 2.91. The maximum atomic E-state index is 4.11. The van der Waals surface area contributed by atoms with Crippen LogP contribution < -0.4 is 0 Å². The molecular formula is C6H5BrSZn+2. The Hall–Kier alpha value is 0.673. The van der Waals surface area contributed by atoms with E-state index in [0.29, 0.717) is 0 Å². The Labute approximate surface area is 81.3 Å². The molecule has 0 aliphatic rings. The zero-order chi connectivity index (χ0) is 5.98. The van der Waals surface area contributed by atoms with Crippen molar-refractivity contribution in [1.29, 1.82) is 0 Å². The van der Waals surface area contributed by atoms with Crippen molar-refractivity contribution >= 4 is 28.6 Å². The third-order valence-electron chi connectivity index (χ3n) is 0.827. The second kappa shape index (κ2) is 4.48. The summed E-state index contributed by atoms with van der Waals surface area (Å²) in [6, 6.07) is 7.80. The third kappa shape index (κ3) is 3.39. The number of hydrogen-bond donors (Lipinski definition) is 1. The van der Waals surface area contributed by atoms with Gasteiger partial charge in [0.25, 0.3) is 0 Å². The molecule has 0 amide bonds. The number of thiol groups is 1. The van der Waals surface area contributed by atoms with Crippen molar-refractivity contribution < 1.29 is 19.5 Å². The van der Waals surface area contributed by atoms with Crippen LogP contribution in [0.5, 0.6) is 0 Å². The standard InChI is InChI=1S/C6H5BrS.Zn/c7-5-1-3-6(8)4-2-5;/h1-4,8H;/q;+2. The van der Waals surface area contributed by atoms with Gasteiger partial charge in [-0.15, -0.1) is 12.6 Å². The number of rotatable bonds is 0. The molecule has 0 heterocycles. The van der Waals surface area contributed by atoms with E-state index in [-0.39, 0.29) is 19.5 Å². The van der Waals surface area contributed by atoms with Crippen LogP contribution in [0.25, 0.3) is 0 Å². The smallest absolute Gasteiger partial charge is 0.143 e. The van der Waals surface area contributed by atoms with E-state index in [9.17, 15) is 0 Å². The Morgan fingerprint density at radius 1 is 1.11 bits per heavy atom. The first-order chi connectivity index (χ1) is 3.79. The van der Waals surface area contributed by atoms with E-state index >= 15 is 0 Å². The summed E-state index contributed by atoms with van der Waals surface area (Å²) in [5, 5.41) is 0. The van der Waals surface area contributed by atoms with Gasteiger partial charge in [-0.25, -0.2) is 0 Å². The van der Waals surface area contributed by atoms with Crippen molar-refractivity contribution in [2.24, 2.45) is 0 Å². The molecule has 0 nitrogen and oxygen atoms in total. The molecule has 0 unspecified atom stereocenters. The van der Waals surface area contributed by atoms with E-state index in [1.54, 1.807) is 0 Å². The van der Waals surface area contributed by atoms with E-state index in [2.05, 4.69) is 28.6 Å². The first-order valence-electron chi connectivity index (χ1n) is 2.23. The minimum absolute atomic E-state index is 0. The Bertz CT molecular complexity index is 152. The van der Waals surface area contributed by atoms with Gasteiger partial charge in [-0.2, -0.15) is 0 Å². The molecule has 0 fully saturated rings.